The summed E-state index contributed by atoms with van der Waals surface area (Å²) >= 11 is 0. The number of nitrogens with one attached hydrogen (secondary N) is 2. The first-order valence-electron chi connectivity index (χ1n) is 7.40. The molecule has 2 amide bonds. The third kappa shape index (κ3) is 3.94. The first kappa shape index (κ1) is 16.7. The number of aryl methyl sites for hydroxylation is 3. The van der Waals surface area contributed by atoms with Crippen LogP contribution in [0.5, 0.6) is 11.5 Å². The normalized spacial score (nSPS) is 10.3. The van der Waals surface area contributed by atoms with Gasteiger partial charge < -0.3 is 20.5 Å². The largest absolute Gasteiger partial charge is 0.504 e. The fraction of sp³-hybridized carbons (Fsp3) is 0.278. The Morgan fingerprint density at radius 2 is 1.83 bits per heavy atom. The smallest absolute Gasteiger partial charge is 0.319 e. The molecule has 0 aliphatic rings. The summed E-state index contributed by atoms with van der Waals surface area (Å²) < 4.78 is 5.05. The van der Waals surface area contributed by atoms with E-state index in [0.717, 1.165) is 22.4 Å². The van der Waals surface area contributed by atoms with Gasteiger partial charge in [-0.3, -0.25) is 0 Å². The van der Waals surface area contributed by atoms with Crippen LogP contribution in [0, 0.1) is 20.8 Å². The van der Waals surface area contributed by atoms with E-state index in [0.29, 0.717) is 11.3 Å². The predicted octanol–water partition coefficient (Wildman–Crippen LogP) is 3.65. The average molecular weight is 314 g/mol. The quantitative estimate of drug-likeness (QED) is 0.807. The number of phenols is 1. The van der Waals surface area contributed by atoms with Gasteiger partial charge in [0.2, 0.25) is 0 Å². The van der Waals surface area contributed by atoms with Crippen LogP contribution in [0.25, 0.3) is 0 Å². The number of hydrogen-bond acceptors (Lipinski definition) is 3. The Bertz CT molecular complexity index is 703. The van der Waals surface area contributed by atoms with Crippen LogP contribution in [-0.4, -0.2) is 18.2 Å². The Morgan fingerprint density at radius 1 is 1.17 bits per heavy atom. The molecule has 5 heteroatoms. The number of rotatable bonds is 4. The molecular formula is C18H22N2O3. The Morgan fingerprint density at radius 3 is 2.43 bits per heavy atom. The maximum absolute atomic E-state index is 12.1. The highest BCUT2D eigenvalue weighted by Crippen LogP contribution is 2.29. The molecule has 3 N–H and O–H groups in total. The second-order valence-electron chi connectivity index (χ2n) is 5.55. The molecular weight excluding hydrogens is 292 g/mol. The Kier molecular flexibility index (Phi) is 5.11. The summed E-state index contributed by atoms with van der Waals surface area (Å²) in [6.07, 6.45) is 0. The fourth-order valence-corrected chi connectivity index (χ4v) is 2.59. The van der Waals surface area contributed by atoms with Crippen LogP contribution in [0.4, 0.5) is 10.5 Å². The molecule has 0 heterocycles. The van der Waals surface area contributed by atoms with Gasteiger partial charge in [-0.15, -0.1) is 0 Å². The molecule has 0 saturated carbocycles. The van der Waals surface area contributed by atoms with Gasteiger partial charge in [0, 0.05) is 17.8 Å². The number of phenolic OH excluding ortho intramolecular Hbond substituents is 1. The van der Waals surface area contributed by atoms with Gasteiger partial charge in [0.15, 0.2) is 11.5 Å². The van der Waals surface area contributed by atoms with Crippen LogP contribution < -0.4 is 15.4 Å². The lowest BCUT2D eigenvalue weighted by Crippen LogP contribution is -2.28. The van der Waals surface area contributed by atoms with E-state index in [1.807, 2.05) is 32.9 Å². The number of amides is 2. The maximum atomic E-state index is 12.1. The number of para-hydroxylation sites is 1. The highest BCUT2D eigenvalue weighted by molar-refractivity contribution is 5.91. The Hall–Kier alpha value is -2.69. The topological polar surface area (TPSA) is 70.6 Å². The lowest BCUT2D eigenvalue weighted by atomic mass is 10.1. The molecule has 23 heavy (non-hydrogen) atoms. The van der Waals surface area contributed by atoms with Crippen molar-refractivity contribution in [2.45, 2.75) is 27.3 Å². The first-order valence-corrected chi connectivity index (χ1v) is 7.40. The van der Waals surface area contributed by atoms with Crippen molar-refractivity contribution in [1.29, 1.82) is 0 Å². The zero-order valence-corrected chi connectivity index (χ0v) is 13.9. The average Bonchev–Trinajstić information content (AvgIpc) is 2.50. The van der Waals surface area contributed by atoms with Crippen molar-refractivity contribution in [2.75, 3.05) is 12.4 Å². The molecule has 0 radical (unpaired) electrons. The molecule has 0 unspecified atom stereocenters. The number of carbonyl (C=O) groups is 1. The SMILES string of the molecule is COc1cccc(CNC(=O)Nc2c(C)cc(C)cc2C)c1O. The number of ether oxygens (including phenoxy) is 1. The van der Waals surface area contributed by atoms with Crippen LogP contribution in [0.1, 0.15) is 22.3 Å². The summed E-state index contributed by atoms with van der Waals surface area (Å²) in [7, 11) is 1.49. The lowest BCUT2D eigenvalue weighted by Gasteiger charge is -2.14. The van der Waals surface area contributed by atoms with Gasteiger partial charge in [0.25, 0.3) is 0 Å². The lowest BCUT2D eigenvalue weighted by molar-refractivity contribution is 0.251. The zero-order chi connectivity index (χ0) is 17.0. The second-order valence-corrected chi connectivity index (χ2v) is 5.55. The monoisotopic (exact) mass is 314 g/mol. The van der Waals surface area contributed by atoms with Crippen LogP contribution in [0.15, 0.2) is 30.3 Å². The molecule has 0 aromatic heterocycles. The molecule has 5 nitrogen and oxygen atoms in total. The number of benzene rings is 2. The first-order chi connectivity index (χ1) is 10.9. The van der Waals surface area contributed by atoms with Gasteiger partial charge in [-0.1, -0.05) is 29.8 Å². The van der Waals surface area contributed by atoms with Crippen LogP contribution in [-0.2, 0) is 6.54 Å². The van der Waals surface area contributed by atoms with Crippen molar-refractivity contribution in [1.82, 2.24) is 5.32 Å². The van der Waals surface area contributed by atoms with E-state index in [-0.39, 0.29) is 18.3 Å². The van der Waals surface area contributed by atoms with Crippen molar-refractivity contribution in [3.05, 3.63) is 52.6 Å². The second kappa shape index (κ2) is 7.05. The van der Waals surface area contributed by atoms with E-state index < -0.39 is 0 Å². The zero-order valence-electron chi connectivity index (χ0n) is 13.9. The van der Waals surface area contributed by atoms with Crippen molar-refractivity contribution < 1.29 is 14.6 Å². The predicted molar refractivity (Wildman–Crippen MR) is 91.2 cm³/mol. The molecule has 0 atom stereocenters. The molecule has 2 rings (SSSR count). The van der Waals surface area contributed by atoms with E-state index in [9.17, 15) is 9.90 Å². The van der Waals surface area contributed by atoms with E-state index in [4.69, 9.17) is 4.74 Å². The standard InChI is InChI=1S/C18H22N2O3/c1-11-8-12(2)16(13(3)9-11)20-18(22)19-10-14-6-5-7-15(23-4)17(14)21/h5-9,21H,10H2,1-4H3,(H2,19,20,22). The number of hydrogen-bond donors (Lipinski definition) is 3. The highest BCUT2D eigenvalue weighted by Gasteiger charge is 2.10. The van der Waals surface area contributed by atoms with E-state index in [2.05, 4.69) is 10.6 Å². The molecule has 0 bridgehead atoms. The summed E-state index contributed by atoms with van der Waals surface area (Å²) in [6, 6.07) is 8.90. The van der Waals surface area contributed by atoms with Crippen LogP contribution in [0.3, 0.4) is 0 Å². The fourth-order valence-electron chi connectivity index (χ4n) is 2.59. The number of urea groups is 1. The number of methoxy groups -OCH3 is 1. The number of carbonyl (C=O) groups excluding carboxylic acids is 1. The van der Waals surface area contributed by atoms with Crippen LogP contribution >= 0.6 is 0 Å². The van der Waals surface area contributed by atoms with Gasteiger partial charge in [0.05, 0.1) is 7.11 Å². The van der Waals surface area contributed by atoms with Gasteiger partial charge in [-0.2, -0.15) is 0 Å². The van der Waals surface area contributed by atoms with Gasteiger partial charge >= 0.3 is 6.03 Å². The van der Waals surface area contributed by atoms with Gasteiger partial charge in [-0.05, 0) is 38.0 Å². The van der Waals surface area contributed by atoms with Crippen molar-refractivity contribution in [2.24, 2.45) is 0 Å². The van der Waals surface area contributed by atoms with E-state index in [1.165, 1.54) is 7.11 Å². The third-order valence-electron chi connectivity index (χ3n) is 3.66. The molecule has 0 aliphatic carbocycles. The van der Waals surface area contributed by atoms with E-state index >= 15 is 0 Å². The van der Waals surface area contributed by atoms with E-state index in [1.54, 1.807) is 18.2 Å². The van der Waals surface area contributed by atoms with Crippen molar-refractivity contribution in [3.63, 3.8) is 0 Å². The minimum atomic E-state index is -0.317. The highest BCUT2D eigenvalue weighted by atomic mass is 16.5. The van der Waals surface area contributed by atoms with Gasteiger partial charge in [-0.25, -0.2) is 4.79 Å². The molecule has 122 valence electrons. The summed E-state index contributed by atoms with van der Waals surface area (Å²) in [6.45, 7) is 6.15. The molecule has 2 aromatic rings. The summed E-state index contributed by atoms with van der Waals surface area (Å²) in [5.41, 5.74) is 4.59. The minimum absolute atomic E-state index is 0.0398. The molecule has 0 spiro atoms. The molecule has 0 aliphatic heterocycles. The molecule has 2 aromatic carbocycles. The number of anilines is 1. The maximum Gasteiger partial charge on any atom is 0.319 e. The summed E-state index contributed by atoms with van der Waals surface area (Å²) in [5.74, 6) is 0.424. The number of aromatic hydroxyl groups is 1. The Labute approximate surface area is 136 Å². The minimum Gasteiger partial charge on any atom is -0.504 e. The summed E-state index contributed by atoms with van der Waals surface area (Å²) in [4.78, 5) is 12.1. The molecule has 0 saturated heterocycles. The van der Waals surface area contributed by atoms with Gasteiger partial charge in [0.1, 0.15) is 0 Å². The summed E-state index contributed by atoms with van der Waals surface area (Å²) in [5, 5.41) is 15.6. The van der Waals surface area contributed by atoms with Crippen molar-refractivity contribution >= 4 is 11.7 Å². The molecule has 0 fully saturated rings. The van der Waals surface area contributed by atoms with Crippen molar-refractivity contribution in [3.8, 4) is 11.5 Å². The van der Waals surface area contributed by atoms with Crippen LogP contribution in [0.2, 0.25) is 0 Å². The third-order valence-corrected chi connectivity index (χ3v) is 3.66. The Balaban J connectivity index is 2.04.